The first kappa shape index (κ1) is 22.9. The topological polar surface area (TPSA) is 49.7 Å². The number of aliphatic hydroxyl groups is 2. The standard InChI is InChI=1S/C20H42O3/c1-7-9-11-15(3)17(5)13-23-14-19(21)20(22)18(6)16(4)12-10-8-2/h15-22H,7-14H2,1-6H3. The summed E-state index contributed by atoms with van der Waals surface area (Å²) in [6, 6.07) is 0. The third-order valence-electron chi connectivity index (χ3n) is 5.50. The molecule has 0 amide bonds. The van der Waals surface area contributed by atoms with Gasteiger partial charge in [0.15, 0.2) is 0 Å². The van der Waals surface area contributed by atoms with E-state index < -0.39 is 12.2 Å². The number of rotatable bonds is 14. The smallest absolute Gasteiger partial charge is 0.103 e. The highest BCUT2D eigenvalue weighted by Gasteiger charge is 2.27. The maximum absolute atomic E-state index is 10.3. The van der Waals surface area contributed by atoms with E-state index in [1.165, 1.54) is 32.1 Å². The van der Waals surface area contributed by atoms with Gasteiger partial charge in [-0.2, -0.15) is 0 Å². The molecule has 2 N–H and O–H groups in total. The van der Waals surface area contributed by atoms with Crippen LogP contribution in [-0.4, -0.2) is 35.6 Å². The summed E-state index contributed by atoms with van der Waals surface area (Å²) in [5.74, 6) is 1.66. The van der Waals surface area contributed by atoms with Crippen LogP contribution in [0.5, 0.6) is 0 Å². The van der Waals surface area contributed by atoms with Crippen molar-refractivity contribution in [1.29, 1.82) is 0 Å². The fourth-order valence-electron chi connectivity index (χ4n) is 2.92. The summed E-state index contributed by atoms with van der Waals surface area (Å²) in [5, 5.41) is 20.5. The van der Waals surface area contributed by atoms with Gasteiger partial charge >= 0.3 is 0 Å². The van der Waals surface area contributed by atoms with Crippen molar-refractivity contribution < 1.29 is 14.9 Å². The van der Waals surface area contributed by atoms with Gasteiger partial charge in [-0.05, 0) is 23.7 Å². The summed E-state index contributed by atoms with van der Waals surface area (Å²) in [6.45, 7) is 14.0. The van der Waals surface area contributed by atoms with Crippen LogP contribution in [0.15, 0.2) is 0 Å². The molecule has 0 saturated carbocycles. The second-order valence-corrected chi connectivity index (χ2v) is 7.67. The Kier molecular flexibility index (Phi) is 13.1. The summed E-state index contributed by atoms with van der Waals surface area (Å²) < 4.78 is 5.68. The van der Waals surface area contributed by atoms with Crippen molar-refractivity contribution in [2.24, 2.45) is 23.7 Å². The first-order valence-corrected chi connectivity index (χ1v) is 9.78. The number of ether oxygens (including phenoxy) is 1. The largest absolute Gasteiger partial charge is 0.390 e. The minimum absolute atomic E-state index is 0.0982. The van der Waals surface area contributed by atoms with E-state index in [9.17, 15) is 10.2 Å². The van der Waals surface area contributed by atoms with Gasteiger partial charge in [0.25, 0.3) is 0 Å². The van der Waals surface area contributed by atoms with E-state index in [1.807, 2.05) is 6.92 Å². The molecule has 140 valence electrons. The van der Waals surface area contributed by atoms with Gasteiger partial charge in [0.2, 0.25) is 0 Å². The Balaban J connectivity index is 4.05. The second-order valence-electron chi connectivity index (χ2n) is 7.67. The molecule has 6 atom stereocenters. The van der Waals surface area contributed by atoms with Gasteiger partial charge in [0, 0.05) is 6.61 Å². The monoisotopic (exact) mass is 330 g/mol. The van der Waals surface area contributed by atoms with Crippen LogP contribution in [0.1, 0.15) is 80.1 Å². The molecule has 0 aliphatic carbocycles. The van der Waals surface area contributed by atoms with E-state index in [-0.39, 0.29) is 12.5 Å². The third-order valence-corrected chi connectivity index (χ3v) is 5.50. The normalized spacial score (nSPS) is 19.8. The summed E-state index contributed by atoms with van der Waals surface area (Å²) >= 11 is 0. The predicted octanol–water partition coefficient (Wildman–Crippen LogP) is 4.65. The maximum Gasteiger partial charge on any atom is 0.103 e. The number of aliphatic hydroxyl groups excluding tert-OH is 2. The molecule has 0 aliphatic rings. The van der Waals surface area contributed by atoms with E-state index >= 15 is 0 Å². The SMILES string of the molecule is CCCCC(C)C(C)COCC(O)C(O)C(C)C(C)CCCC. The first-order valence-electron chi connectivity index (χ1n) is 9.78. The van der Waals surface area contributed by atoms with Gasteiger partial charge in [-0.3, -0.25) is 0 Å². The predicted molar refractivity (Wildman–Crippen MR) is 98.5 cm³/mol. The third kappa shape index (κ3) is 9.69. The molecule has 0 saturated heterocycles. The van der Waals surface area contributed by atoms with Gasteiger partial charge in [-0.25, -0.2) is 0 Å². The lowest BCUT2D eigenvalue weighted by molar-refractivity contribution is -0.0729. The Labute approximate surface area is 144 Å². The van der Waals surface area contributed by atoms with E-state index in [4.69, 9.17) is 4.74 Å². The average Bonchev–Trinajstić information content (AvgIpc) is 2.55. The Morgan fingerprint density at radius 1 is 0.739 bits per heavy atom. The van der Waals surface area contributed by atoms with Crippen LogP contribution in [0.25, 0.3) is 0 Å². The van der Waals surface area contributed by atoms with Gasteiger partial charge in [0.1, 0.15) is 6.10 Å². The quantitative estimate of drug-likeness (QED) is 0.487. The minimum Gasteiger partial charge on any atom is -0.390 e. The molecule has 23 heavy (non-hydrogen) atoms. The highest BCUT2D eigenvalue weighted by Crippen LogP contribution is 2.23. The molecule has 0 bridgehead atoms. The summed E-state index contributed by atoms with van der Waals surface area (Å²) in [4.78, 5) is 0. The molecule has 0 rings (SSSR count). The van der Waals surface area contributed by atoms with Crippen molar-refractivity contribution in [3.05, 3.63) is 0 Å². The highest BCUT2D eigenvalue weighted by atomic mass is 16.5. The molecule has 0 radical (unpaired) electrons. The fraction of sp³-hybridized carbons (Fsp3) is 1.00. The Morgan fingerprint density at radius 3 is 1.78 bits per heavy atom. The van der Waals surface area contributed by atoms with Crippen LogP contribution in [0.4, 0.5) is 0 Å². The Hall–Kier alpha value is -0.120. The zero-order valence-electron chi connectivity index (χ0n) is 16.4. The second kappa shape index (κ2) is 13.2. The van der Waals surface area contributed by atoms with Crippen molar-refractivity contribution in [2.75, 3.05) is 13.2 Å². The molecular formula is C20H42O3. The lowest BCUT2D eigenvalue weighted by Gasteiger charge is -2.29. The molecule has 3 heteroatoms. The summed E-state index contributed by atoms with van der Waals surface area (Å²) in [5.41, 5.74) is 0. The van der Waals surface area contributed by atoms with Gasteiger partial charge < -0.3 is 14.9 Å². The van der Waals surface area contributed by atoms with Crippen LogP contribution in [0.3, 0.4) is 0 Å². The van der Waals surface area contributed by atoms with Gasteiger partial charge in [0.05, 0.1) is 12.7 Å². The molecule has 0 fully saturated rings. The molecule has 0 spiro atoms. The lowest BCUT2D eigenvalue weighted by atomic mass is 9.85. The van der Waals surface area contributed by atoms with Crippen molar-refractivity contribution in [3.63, 3.8) is 0 Å². The molecule has 0 aromatic rings. The molecule has 0 heterocycles. The average molecular weight is 331 g/mol. The maximum atomic E-state index is 10.3. The zero-order valence-corrected chi connectivity index (χ0v) is 16.4. The van der Waals surface area contributed by atoms with Gasteiger partial charge in [-0.15, -0.1) is 0 Å². The van der Waals surface area contributed by atoms with Gasteiger partial charge in [-0.1, -0.05) is 80.1 Å². The van der Waals surface area contributed by atoms with Crippen LogP contribution in [0, 0.1) is 23.7 Å². The van der Waals surface area contributed by atoms with Crippen molar-refractivity contribution >= 4 is 0 Å². The molecule has 6 unspecified atom stereocenters. The lowest BCUT2D eigenvalue weighted by Crippen LogP contribution is -2.38. The van der Waals surface area contributed by atoms with E-state index in [0.717, 1.165) is 6.42 Å². The van der Waals surface area contributed by atoms with E-state index in [1.54, 1.807) is 0 Å². The summed E-state index contributed by atoms with van der Waals surface area (Å²) in [6.07, 6.45) is 5.70. The zero-order chi connectivity index (χ0) is 17.8. The highest BCUT2D eigenvalue weighted by molar-refractivity contribution is 4.77. The molecule has 3 nitrogen and oxygen atoms in total. The number of hydrogen-bond donors (Lipinski definition) is 2. The van der Waals surface area contributed by atoms with Crippen LogP contribution >= 0.6 is 0 Å². The Morgan fingerprint density at radius 2 is 1.26 bits per heavy atom. The van der Waals surface area contributed by atoms with E-state index in [0.29, 0.717) is 24.4 Å². The number of unbranched alkanes of at least 4 members (excludes halogenated alkanes) is 2. The molecule has 0 aliphatic heterocycles. The number of hydrogen-bond acceptors (Lipinski definition) is 3. The van der Waals surface area contributed by atoms with Crippen molar-refractivity contribution in [3.8, 4) is 0 Å². The minimum atomic E-state index is -0.785. The fourth-order valence-corrected chi connectivity index (χ4v) is 2.92. The van der Waals surface area contributed by atoms with Crippen molar-refractivity contribution in [2.45, 2.75) is 92.3 Å². The van der Waals surface area contributed by atoms with E-state index in [2.05, 4.69) is 34.6 Å². The molecular weight excluding hydrogens is 288 g/mol. The van der Waals surface area contributed by atoms with Crippen LogP contribution in [0.2, 0.25) is 0 Å². The summed E-state index contributed by atoms with van der Waals surface area (Å²) in [7, 11) is 0. The molecule has 0 aromatic carbocycles. The van der Waals surface area contributed by atoms with Crippen molar-refractivity contribution in [1.82, 2.24) is 0 Å². The Bertz CT molecular complexity index is 270. The first-order chi connectivity index (χ1) is 10.8. The van der Waals surface area contributed by atoms with Crippen LogP contribution < -0.4 is 0 Å². The molecule has 0 aromatic heterocycles. The van der Waals surface area contributed by atoms with Crippen LogP contribution in [-0.2, 0) is 4.74 Å².